The summed E-state index contributed by atoms with van der Waals surface area (Å²) in [6, 6.07) is 0. The normalized spacial score (nSPS) is 11.1. The van der Waals surface area contributed by atoms with E-state index in [1.165, 1.54) is 16.3 Å². The van der Waals surface area contributed by atoms with Gasteiger partial charge in [0.1, 0.15) is 5.15 Å². The van der Waals surface area contributed by atoms with Crippen molar-refractivity contribution in [2.75, 3.05) is 0 Å². The first kappa shape index (κ1) is 12.3. The Morgan fingerprint density at radius 1 is 1.47 bits per heavy atom. The number of halogens is 1. The van der Waals surface area contributed by atoms with Crippen molar-refractivity contribution in [2.24, 2.45) is 14.1 Å². The molecular weight excluding hydrogens is 262 g/mol. The van der Waals surface area contributed by atoms with Crippen LogP contribution < -0.4 is 5.69 Å². The van der Waals surface area contributed by atoms with E-state index in [9.17, 15) is 4.79 Å². The summed E-state index contributed by atoms with van der Waals surface area (Å²) in [5, 5.41) is 11.8. The molecule has 0 fully saturated rings. The fourth-order valence-corrected chi connectivity index (χ4v) is 2.76. The van der Waals surface area contributed by atoms with Gasteiger partial charge < -0.3 is 0 Å². The van der Waals surface area contributed by atoms with Crippen LogP contribution in [0.2, 0.25) is 5.15 Å². The molecule has 0 aliphatic carbocycles. The van der Waals surface area contributed by atoms with Crippen molar-refractivity contribution < 1.29 is 0 Å². The van der Waals surface area contributed by atoms with Crippen LogP contribution in [0.25, 0.3) is 0 Å². The molecular formula is C9H12ClN5OS. The lowest BCUT2D eigenvalue weighted by molar-refractivity contribution is 0.757. The highest BCUT2D eigenvalue weighted by molar-refractivity contribution is 7.98. The quantitative estimate of drug-likeness (QED) is 0.850. The predicted octanol–water partition coefficient (Wildman–Crippen LogP) is 1.10. The second-order valence-corrected chi connectivity index (χ2v) is 4.94. The Morgan fingerprint density at radius 2 is 2.18 bits per heavy atom. The Morgan fingerprint density at radius 3 is 2.65 bits per heavy atom. The van der Waals surface area contributed by atoms with Gasteiger partial charge in [0.15, 0.2) is 5.16 Å². The molecule has 0 aliphatic heterocycles. The number of aromatic nitrogens is 5. The largest absolute Gasteiger partial charge is 0.343 e. The minimum absolute atomic E-state index is 0.221. The molecule has 1 N–H and O–H groups in total. The van der Waals surface area contributed by atoms with Crippen LogP contribution in [0.3, 0.4) is 0 Å². The van der Waals surface area contributed by atoms with Gasteiger partial charge in [-0.25, -0.2) is 9.89 Å². The van der Waals surface area contributed by atoms with Crippen LogP contribution in [0.5, 0.6) is 0 Å². The molecule has 2 rings (SSSR count). The molecule has 0 aromatic carbocycles. The lowest BCUT2D eigenvalue weighted by Gasteiger charge is -2.00. The fourth-order valence-electron chi connectivity index (χ4n) is 1.44. The molecule has 0 amide bonds. The minimum Gasteiger partial charge on any atom is -0.273 e. The van der Waals surface area contributed by atoms with Gasteiger partial charge in [-0.05, 0) is 6.92 Å². The number of rotatable bonds is 3. The van der Waals surface area contributed by atoms with Gasteiger partial charge in [0, 0.05) is 25.4 Å². The maximum atomic E-state index is 11.2. The predicted molar refractivity (Wildman–Crippen MR) is 66.3 cm³/mol. The zero-order valence-electron chi connectivity index (χ0n) is 9.69. The van der Waals surface area contributed by atoms with E-state index >= 15 is 0 Å². The summed E-state index contributed by atoms with van der Waals surface area (Å²) >= 11 is 7.56. The number of nitrogens with zero attached hydrogens (tertiary/aromatic N) is 4. The third-order valence-electron chi connectivity index (χ3n) is 2.45. The first-order valence-corrected chi connectivity index (χ1v) is 6.29. The molecule has 92 valence electrons. The van der Waals surface area contributed by atoms with Gasteiger partial charge in [-0.1, -0.05) is 23.4 Å². The average molecular weight is 274 g/mol. The van der Waals surface area contributed by atoms with E-state index in [0.717, 1.165) is 11.3 Å². The van der Waals surface area contributed by atoms with Crippen LogP contribution in [-0.4, -0.2) is 24.5 Å². The molecule has 0 radical (unpaired) electrons. The Balaban J connectivity index is 2.18. The zero-order chi connectivity index (χ0) is 12.6. The standard InChI is InChI=1S/C9H12ClN5OS/c1-5-6(7(10)15(3)13-5)4-17-9-12-11-8(16)14(9)2/h4H2,1-3H3,(H,11,16). The van der Waals surface area contributed by atoms with E-state index in [2.05, 4.69) is 15.3 Å². The summed E-state index contributed by atoms with van der Waals surface area (Å²) in [5.74, 6) is 0.636. The summed E-state index contributed by atoms with van der Waals surface area (Å²) in [6.07, 6.45) is 0. The Labute approximate surface area is 107 Å². The highest BCUT2D eigenvalue weighted by Gasteiger charge is 2.13. The van der Waals surface area contributed by atoms with Gasteiger partial charge in [-0.3, -0.25) is 9.25 Å². The highest BCUT2D eigenvalue weighted by atomic mass is 35.5. The van der Waals surface area contributed by atoms with E-state index < -0.39 is 0 Å². The smallest absolute Gasteiger partial charge is 0.273 e. The second kappa shape index (κ2) is 4.58. The van der Waals surface area contributed by atoms with Crippen molar-refractivity contribution in [1.29, 1.82) is 0 Å². The fraction of sp³-hybridized carbons (Fsp3) is 0.444. The van der Waals surface area contributed by atoms with Gasteiger partial charge in [0.05, 0.1) is 5.69 Å². The van der Waals surface area contributed by atoms with E-state index in [4.69, 9.17) is 11.6 Å². The van der Waals surface area contributed by atoms with Crippen molar-refractivity contribution in [3.05, 3.63) is 26.9 Å². The molecule has 17 heavy (non-hydrogen) atoms. The summed E-state index contributed by atoms with van der Waals surface area (Å²) < 4.78 is 3.10. The SMILES string of the molecule is Cc1nn(C)c(Cl)c1CSc1n[nH]c(=O)n1C. The van der Waals surface area contributed by atoms with Crippen molar-refractivity contribution in [1.82, 2.24) is 24.5 Å². The molecule has 0 bridgehead atoms. The lowest BCUT2D eigenvalue weighted by atomic mass is 10.3. The molecule has 0 atom stereocenters. The molecule has 2 aromatic heterocycles. The van der Waals surface area contributed by atoms with Crippen LogP contribution >= 0.6 is 23.4 Å². The molecule has 0 unspecified atom stereocenters. The second-order valence-electron chi connectivity index (χ2n) is 3.64. The third kappa shape index (κ3) is 2.25. The van der Waals surface area contributed by atoms with Crippen LogP contribution in [0.1, 0.15) is 11.3 Å². The van der Waals surface area contributed by atoms with E-state index in [1.807, 2.05) is 6.92 Å². The maximum absolute atomic E-state index is 11.2. The number of hydrogen-bond acceptors (Lipinski definition) is 4. The first-order valence-electron chi connectivity index (χ1n) is 4.93. The van der Waals surface area contributed by atoms with Crippen LogP contribution in [0, 0.1) is 6.92 Å². The number of aryl methyl sites for hydroxylation is 2. The average Bonchev–Trinajstić information content (AvgIpc) is 2.71. The number of H-pyrrole nitrogens is 1. The zero-order valence-corrected chi connectivity index (χ0v) is 11.3. The molecule has 2 aromatic rings. The van der Waals surface area contributed by atoms with Crippen molar-refractivity contribution >= 4 is 23.4 Å². The van der Waals surface area contributed by atoms with Gasteiger partial charge in [0.2, 0.25) is 0 Å². The number of hydrogen-bond donors (Lipinski definition) is 1. The van der Waals surface area contributed by atoms with E-state index in [-0.39, 0.29) is 5.69 Å². The third-order valence-corrected chi connectivity index (χ3v) is 3.98. The molecule has 0 saturated carbocycles. The van der Waals surface area contributed by atoms with Crippen molar-refractivity contribution in [3.8, 4) is 0 Å². The molecule has 6 nitrogen and oxygen atoms in total. The highest BCUT2D eigenvalue weighted by Crippen LogP contribution is 2.26. The summed E-state index contributed by atoms with van der Waals surface area (Å²) in [6.45, 7) is 1.91. The lowest BCUT2D eigenvalue weighted by Crippen LogP contribution is -2.12. The van der Waals surface area contributed by atoms with Gasteiger partial charge in [-0.15, -0.1) is 5.10 Å². The topological polar surface area (TPSA) is 68.5 Å². The Hall–Kier alpha value is -1.21. The monoisotopic (exact) mass is 273 g/mol. The van der Waals surface area contributed by atoms with Gasteiger partial charge in [0.25, 0.3) is 0 Å². The number of aromatic amines is 1. The Bertz CT molecular complexity index is 599. The molecule has 0 spiro atoms. The maximum Gasteiger partial charge on any atom is 0.343 e. The summed E-state index contributed by atoms with van der Waals surface area (Å²) in [4.78, 5) is 11.2. The van der Waals surface area contributed by atoms with Crippen LogP contribution in [0.15, 0.2) is 9.95 Å². The van der Waals surface area contributed by atoms with E-state index in [1.54, 1.807) is 18.8 Å². The van der Waals surface area contributed by atoms with Crippen LogP contribution in [-0.2, 0) is 19.8 Å². The molecule has 0 aliphatic rings. The van der Waals surface area contributed by atoms with Crippen molar-refractivity contribution in [3.63, 3.8) is 0 Å². The van der Waals surface area contributed by atoms with Crippen LogP contribution in [0.4, 0.5) is 0 Å². The first-order chi connectivity index (χ1) is 8.00. The molecule has 0 saturated heterocycles. The van der Waals surface area contributed by atoms with E-state index in [0.29, 0.717) is 16.1 Å². The van der Waals surface area contributed by atoms with Gasteiger partial charge >= 0.3 is 5.69 Å². The molecule has 2 heterocycles. The summed E-state index contributed by atoms with van der Waals surface area (Å²) in [7, 11) is 3.47. The Kier molecular flexibility index (Phi) is 3.30. The number of nitrogens with one attached hydrogen (secondary N) is 1. The minimum atomic E-state index is -0.221. The number of thioether (sulfide) groups is 1. The van der Waals surface area contributed by atoms with Gasteiger partial charge in [-0.2, -0.15) is 5.10 Å². The molecule has 8 heteroatoms. The van der Waals surface area contributed by atoms with Crippen molar-refractivity contribution in [2.45, 2.75) is 17.8 Å². The summed E-state index contributed by atoms with van der Waals surface area (Å²) in [5.41, 5.74) is 1.64.